The van der Waals surface area contributed by atoms with E-state index in [-0.39, 0.29) is 0 Å². The molecule has 0 radical (unpaired) electrons. The van der Waals surface area contributed by atoms with Crippen molar-refractivity contribution in [3.05, 3.63) is 63.2 Å². The van der Waals surface area contributed by atoms with Crippen LogP contribution in [0.3, 0.4) is 0 Å². The normalized spacial score (nSPS) is 10.8. The minimum atomic E-state index is -2.39. The number of hydrogen-bond acceptors (Lipinski definition) is 2. The van der Waals surface area contributed by atoms with Crippen molar-refractivity contribution in [2.45, 2.75) is 0 Å². The van der Waals surface area contributed by atoms with Crippen molar-refractivity contribution in [3.8, 4) is 11.1 Å². The highest BCUT2D eigenvalue weighted by atomic mass is 19.2. The van der Waals surface area contributed by atoms with Gasteiger partial charge in [-0.3, -0.25) is 10.1 Å². The van der Waals surface area contributed by atoms with Crippen LogP contribution >= 0.6 is 0 Å². The van der Waals surface area contributed by atoms with Gasteiger partial charge in [0.05, 0.1) is 4.92 Å². The number of rotatable bonds is 2. The van der Waals surface area contributed by atoms with Gasteiger partial charge in [0, 0.05) is 6.07 Å². The predicted molar refractivity (Wildman–Crippen MR) is 58.3 cm³/mol. The summed E-state index contributed by atoms with van der Waals surface area (Å²) in [7, 11) is 0. The lowest BCUT2D eigenvalue weighted by Crippen LogP contribution is -2.06. The van der Waals surface area contributed by atoms with E-state index < -0.39 is 56.6 Å². The lowest BCUT2D eigenvalue weighted by molar-refractivity contribution is -0.387. The summed E-state index contributed by atoms with van der Waals surface area (Å²) in [5.41, 5.74) is -3.97. The summed E-state index contributed by atoms with van der Waals surface area (Å²) in [5, 5.41) is 10.7. The molecule has 0 heterocycles. The summed E-state index contributed by atoms with van der Waals surface area (Å²) in [4.78, 5) is 9.21. The zero-order valence-corrected chi connectivity index (χ0v) is 9.76. The highest BCUT2D eigenvalue weighted by molar-refractivity contribution is 5.74. The van der Waals surface area contributed by atoms with Crippen molar-refractivity contribution in [2.75, 3.05) is 0 Å². The SMILES string of the molecule is O=[N+]([O-])c1c(F)c(F)c(F)c(F)c1-c1cc(F)cc(F)c1. The second kappa shape index (κ2) is 5.08. The van der Waals surface area contributed by atoms with Crippen molar-refractivity contribution in [1.82, 2.24) is 0 Å². The lowest BCUT2D eigenvalue weighted by atomic mass is 10.0. The third-order valence-corrected chi connectivity index (χ3v) is 2.58. The third kappa shape index (κ3) is 2.41. The molecule has 0 unspecified atom stereocenters. The average molecular weight is 307 g/mol. The van der Waals surface area contributed by atoms with Crippen LogP contribution in [-0.4, -0.2) is 4.92 Å². The first-order chi connectivity index (χ1) is 9.73. The first-order valence-corrected chi connectivity index (χ1v) is 5.20. The highest BCUT2D eigenvalue weighted by Gasteiger charge is 2.33. The Morgan fingerprint density at radius 2 is 1.24 bits per heavy atom. The molecule has 3 nitrogen and oxygen atoms in total. The van der Waals surface area contributed by atoms with Crippen LogP contribution in [0.5, 0.6) is 0 Å². The largest absolute Gasteiger partial charge is 0.318 e. The summed E-state index contributed by atoms with van der Waals surface area (Å²) in [6.07, 6.45) is 0. The smallest absolute Gasteiger partial charge is 0.258 e. The van der Waals surface area contributed by atoms with E-state index in [0.717, 1.165) is 0 Å². The van der Waals surface area contributed by atoms with Crippen LogP contribution in [-0.2, 0) is 0 Å². The third-order valence-electron chi connectivity index (χ3n) is 2.58. The molecule has 0 amide bonds. The van der Waals surface area contributed by atoms with Gasteiger partial charge < -0.3 is 0 Å². The molecule has 0 fully saturated rings. The van der Waals surface area contributed by atoms with E-state index in [1.807, 2.05) is 0 Å². The van der Waals surface area contributed by atoms with Crippen LogP contribution in [0.25, 0.3) is 11.1 Å². The fourth-order valence-corrected chi connectivity index (χ4v) is 1.75. The van der Waals surface area contributed by atoms with Gasteiger partial charge in [0.2, 0.25) is 11.6 Å². The van der Waals surface area contributed by atoms with Crippen molar-refractivity contribution in [3.63, 3.8) is 0 Å². The van der Waals surface area contributed by atoms with Crippen LogP contribution in [0.1, 0.15) is 0 Å². The maximum Gasteiger partial charge on any atom is 0.318 e. The minimum absolute atomic E-state index is 0.365. The number of nitrogens with zero attached hydrogens (tertiary/aromatic N) is 1. The second-order valence-corrected chi connectivity index (χ2v) is 3.89. The fourth-order valence-electron chi connectivity index (χ4n) is 1.75. The Bertz CT molecular complexity index is 742. The molecule has 0 aromatic heterocycles. The molecule has 0 aliphatic heterocycles. The quantitative estimate of drug-likeness (QED) is 0.276. The molecule has 0 bridgehead atoms. The van der Waals surface area contributed by atoms with Crippen molar-refractivity contribution in [2.24, 2.45) is 0 Å². The van der Waals surface area contributed by atoms with Crippen molar-refractivity contribution < 1.29 is 31.3 Å². The Hall–Kier alpha value is -2.58. The Balaban J connectivity index is 2.93. The van der Waals surface area contributed by atoms with Gasteiger partial charge in [-0.25, -0.2) is 22.0 Å². The maximum absolute atomic E-state index is 13.7. The Morgan fingerprint density at radius 3 is 1.71 bits per heavy atom. The Labute approximate surface area is 112 Å². The minimum Gasteiger partial charge on any atom is -0.258 e. The summed E-state index contributed by atoms with van der Waals surface area (Å²) in [5.74, 6) is -11.6. The molecule has 2 rings (SSSR count). The number of halogens is 6. The van der Waals surface area contributed by atoms with E-state index in [9.17, 15) is 36.5 Å². The molecule has 110 valence electrons. The van der Waals surface area contributed by atoms with E-state index in [0.29, 0.717) is 18.2 Å². The molecule has 2 aromatic rings. The molecule has 0 aliphatic carbocycles. The van der Waals surface area contributed by atoms with Crippen LogP contribution in [0.4, 0.5) is 32.0 Å². The molecule has 0 aliphatic rings. The van der Waals surface area contributed by atoms with Gasteiger partial charge >= 0.3 is 5.69 Å². The zero-order chi connectivity index (χ0) is 15.9. The van der Waals surface area contributed by atoms with Crippen LogP contribution in [0.2, 0.25) is 0 Å². The van der Waals surface area contributed by atoms with E-state index >= 15 is 0 Å². The number of benzene rings is 2. The fraction of sp³-hybridized carbons (Fsp3) is 0. The average Bonchev–Trinajstić information content (AvgIpc) is 2.38. The molecular formula is C12H3F6NO2. The standard InChI is InChI=1S/C12H3F6NO2/c13-5-1-4(2-6(14)3-5)7-8(15)9(16)10(17)11(18)12(7)19(20)21/h1-3H. The molecule has 0 spiro atoms. The van der Waals surface area contributed by atoms with E-state index in [1.54, 1.807) is 0 Å². The zero-order valence-electron chi connectivity index (χ0n) is 9.76. The van der Waals surface area contributed by atoms with E-state index in [2.05, 4.69) is 0 Å². The van der Waals surface area contributed by atoms with Gasteiger partial charge in [-0.2, -0.15) is 4.39 Å². The molecule has 0 saturated heterocycles. The van der Waals surface area contributed by atoms with E-state index in [4.69, 9.17) is 0 Å². The second-order valence-electron chi connectivity index (χ2n) is 3.89. The topological polar surface area (TPSA) is 43.1 Å². The predicted octanol–water partition coefficient (Wildman–Crippen LogP) is 4.10. The maximum atomic E-state index is 13.7. The number of nitro groups is 1. The lowest BCUT2D eigenvalue weighted by Gasteiger charge is -2.08. The van der Waals surface area contributed by atoms with E-state index in [1.165, 1.54) is 0 Å². The van der Waals surface area contributed by atoms with Gasteiger partial charge in [0.15, 0.2) is 11.6 Å². The molecule has 0 N–H and O–H groups in total. The van der Waals surface area contributed by atoms with Gasteiger partial charge in [-0.05, 0) is 17.7 Å². The van der Waals surface area contributed by atoms with Gasteiger partial charge in [0.1, 0.15) is 17.2 Å². The molecule has 0 saturated carbocycles. The summed E-state index contributed by atoms with van der Waals surface area (Å²) >= 11 is 0. The summed E-state index contributed by atoms with van der Waals surface area (Å²) in [6.45, 7) is 0. The van der Waals surface area contributed by atoms with Crippen LogP contribution < -0.4 is 0 Å². The van der Waals surface area contributed by atoms with Gasteiger partial charge in [-0.1, -0.05) is 0 Å². The van der Waals surface area contributed by atoms with Crippen LogP contribution in [0, 0.1) is 45.0 Å². The first kappa shape index (κ1) is 14.8. The van der Waals surface area contributed by atoms with Gasteiger partial charge in [0.25, 0.3) is 0 Å². The number of nitro benzene ring substituents is 1. The van der Waals surface area contributed by atoms with Crippen molar-refractivity contribution in [1.29, 1.82) is 0 Å². The number of hydrogen-bond donors (Lipinski definition) is 0. The molecule has 2 aromatic carbocycles. The summed E-state index contributed by atoms with van der Waals surface area (Å²) < 4.78 is 79.4. The Morgan fingerprint density at radius 1 is 0.762 bits per heavy atom. The van der Waals surface area contributed by atoms with Crippen LogP contribution in [0.15, 0.2) is 18.2 Å². The Kier molecular flexibility index (Phi) is 3.58. The molecule has 21 heavy (non-hydrogen) atoms. The first-order valence-electron chi connectivity index (χ1n) is 5.20. The molecule has 0 atom stereocenters. The van der Waals surface area contributed by atoms with Gasteiger partial charge in [-0.15, -0.1) is 0 Å². The highest BCUT2D eigenvalue weighted by Crippen LogP contribution is 2.38. The summed E-state index contributed by atoms with van der Waals surface area (Å²) in [6, 6.07) is 1.21. The molecule has 9 heteroatoms. The molecular weight excluding hydrogens is 304 g/mol. The van der Waals surface area contributed by atoms with Crippen molar-refractivity contribution >= 4 is 5.69 Å². The monoisotopic (exact) mass is 307 g/mol.